The molecule has 0 spiro atoms. The van der Waals surface area contributed by atoms with Crippen molar-refractivity contribution in [1.29, 1.82) is 5.26 Å². The zero-order valence-corrected chi connectivity index (χ0v) is 14.3. The molecular weight excluding hydrogens is 326 g/mol. The number of aromatic hydroxyl groups is 1. The summed E-state index contributed by atoms with van der Waals surface area (Å²) in [5.74, 6) is -0.164. The molecule has 0 fully saturated rings. The van der Waals surface area contributed by atoms with Gasteiger partial charge in [0.15, 0.2) is 0 Å². The normalized spacial score (nSPS) is 10.9. The number of pyridine rings is 1. The molecule has 1 N–H and O–H groups in total. The fourth-order valence-corrected chi connectivity index (χ4v) is 2.44. The van der Waals surface area contributed by atoms with E-state index >= 15 is 0 Å². The van der Waals surface area contributed by atoms with Crippen LogP contribution in [-0.2, 0) is 6.54 Å². The minimum atomic E-state index is -0.468. The average molecular weight is 344 g/mol. The van der Waals surface area contributed by atoms with E-state index in [0.717, 1.165) is 12.8 Å². The lowest BCUT2D eigenvalue weighted by Gasteiger charge is -2.13. The van der Waals surface area contributed by atoms with Gasteiger partial charge in [0.25, 0.3) is 5.56 Å². The molecule has 0 aliphatic carbocycles. The van der Waals surface area contributed by atoms with Crippen molar-refractivity contribution in [1.82, 2.24) is 4.57 Å². The van der Waals surface area contributed by atoms with E-state index in [0.29, 0.717) is 28.4 Å². The lowest BCUT2D eigenvalue weighted by Crippen LogP contribution is -2.25. The Morgan fingerprint density at radius 2 is 2.04 bits per heavy atom. The number of halogens is 1. The molecule has 5 nitrogen and oxygen atoms in total. The van der Waals surface area contributed by atoms with Crippen molar-refractivity contribution in [2.75, 3.05) is 0 Å². The summed E-state index contributed by atoms with van der Waals surface area (Å²) in [6.07, 6.45) is 3.07. The van der Waals surface area contributed by atoms with Crippen molar-refractivity contribution in [2.45, 2.75) is 33.2 Å². The van der Waals surface area contributed by atoms with Crippen LogP contribution in [0, 0.1) is 18.3 Å². The highest BCUT2D eigenvalue weighted by Gasteiger charge is 2.17. The molecule has 0 saturated carbocycles. The zero-order chi connectivity index (χ0) is 17.7. The molecule has 0 bridgehead atoms. The smallest absolute Gasteiger partial charge is 0.271 e. The Morgan fingerprint density at radius 3 is 2.62 bits per heavy atom. The van der Waals surface area contributed by atoms with E-state index in [1.54, 1.807) is 31.2 Å². The van der Waals surface area contributed by atoms with Crippen LogP contribution in [0.4, 0.5) is 5.69 Å². The minimum Gasteiger partial charge on any atom is -0.494 e. The molecule has 2 aromatic rings. The van der Waals surface area contributed by atoms with Crippen LogP contribution < -0.4 is 5.56 Å². The quantitative estimate of drug-likeness (QED) is 0.835. The summed E-state index contributed by atoms with van der Waals surface area (Å²) in [5.41, 5.74) is 1.01. The van der Waals surface area contributed by atoms with Crippen molar-refractivity contribution in [3.05, 3.63) is 56.3 Å². The van der Waals surface area contributed by atoms with Gasteiger partial charge >= 0.3 is 0 Å². The van der Waals surface area contributed by atoms with Crippen LogP contribution in [-0.4, -0.2) is 15.9 Å². The SMILES string of the molecule is CCCCn1c(O)c(C=Nc2ccc(Cl)cc2)c(C)c(C#N)c1=O. The van der Waals surface area contributed by atoms with Gasteiger partial charge in [-0.25, -0.2) is 0 Å². The van der Waals surface area contributed by atoms with Crippen LogP contribution in [0.25, 0.3) is 0 Å². The van der Waals surface area contributed by atoms with Crippen LogP contribution in [0.2, 0.25) is 5.02 Å². The largest absolute Gasteiger partial charge is 0.494 e. The Bertz CT molecular complexity index is 862. The van der Waals surface area contributed by atoms with Crippen LogP contribution >= 0.6 is 11.6 Å². The number of aromatic nitrogens is 1. The van der Waals surface area contributed by atoms with Gasteiger partial charge in [-0.2, -0.15) is 5.26 Å². The summed E-state index contributed by atoms with van der Waals surface area (Å²) in [7, 11) is 0. The number of benzene rings is 1. The number of nitriles is 1. The number of aliphatic imine (C=N–C) groups is 1. The van der Waals surface area contributed by atoms with Crippen LogP contribution in [0.1, 0.15) is 36.5 Å². The third-order valence-corrected chi connectivity index (χ3v) is 4.00. The average Bonchev–Trinajstić information content (AvgIpc) is 2.57. The highest BCUT2D eigenvalue weighted by Crippen LogP contribution is 2.22. The zero-order valence-electron chi connectivity index (χ0n) is 13.6. The molecule has 0 amide bonds. The van der Waals surface area contributed by atoms with E-state index in [1.165, 1.54) is 10.8 Å². The Labute approximate surface area is 145 Å². The summed E-state index contributed by atoms with van der Waals surface area (Å²) in [6, 6.07) is 8.83. The molecule has 0 unspecified atom stereocenters. The molecule has 0 saturated heterocycles. The Kier molecular flexibility index (Phi) is 5.78. The molecule has 6 heteroatoms. The fourth-order valence-electron chi connectivity index (χ4n) is 2.32. The predicted octanol–water partition coefficient (Wildman–Crippen LogP) is 3.94. The molecule has 1 aromatic heterocycles. The third-order valence-electron chi connectivity index (χ3n) is 3.75. The summed E-state index contributed by atoms with van der Waals surface area (Å²) in [4.78, 5) is 16.6. The lowest BCUT2D eigenvalue weighted by molar-refractivity contribution is 0.400. The lowest BCUT2D eigenvalue weighted by atomic mass is 10.1. The topological polar surface area (TPSA) is 78.4 Å². The highest BCUT2D eigenvalue weighted by molar-refractivity contribution is 6.30. The van der Waals surface area contributed by atoms with Crippen LogP contribution in [0.15, 0.2) is 34.1 Å². The molecule has 0 aliphatic heterocycles. The van der Waals surface area contributed by atoms with Crippen LogP contribution in [0.5, 0.6) is 5.88 Å². The van der Waals surface area contributed by atoms with Gasteiger partial charge in [-0.1, -0.05) is 24.9 Å². The van der Waals surface area contributed by atoms with Gasteiger partial charge in [0.1, 0.15) is 11.6 Å². The fraction of sp³-hybridized carbons (Fsp3) is 0.278. The molecule has 24 heavy (non-hydrogen) atoms. The van der Waals surface area contributed by atoms with Gasteiger partial charge in [0, 0.05) is 17.8 Å². The molecule has 124 valence electrons. The van der Waals surface area contributed by atoms with Gasteiger partial charge in [0.05, 0.1) is 11.3 Å². The maximum atomic E-state index is 12.3. The van der Waals surface area contributed by atoms with Crippen molar-refractivity contribution in [3.63, 3.8) is 0 Å². The van der Waals surface area contributed by atoms with E-state index in [9.17, 15) is 15.2 Å². The minimum absolute atomic E-state index is 0.0291. The van der Waals surface area contributed by atoms with E-state index in [2.05, 4.69) is 4.99 Å². The first-order chi connectivity index (χ1) is 11.5. The summed E-state index contributed by atoms with van der Waals surface area (Å²) >= 11 is 5.84. The molecule has 2 rings (SSSR count). The second kappa shape index (κ2) is 7.80. The molecule has 0 radical (unpaired) electrons. The van der Waals surface area contributed by atoms with E-state index < -0.39 is 5.56 Å². The van der Waals surface area contributed by atoms with Crippen molar-refractivity contribution in [3.8, 4) is 11.9 Å². The number of hydrogen-bond donors (Lipinski definition) is 1. The molecular formula is C18H18ClN3O2. The second-order valence-electron chi connectivity index (χ2n) is 5.39. The van der Waals surface area contributed by atoms with Gasteiger partial charge in [-0.15, -0.1) is 0 Å². The maximum absolute atomic E-state index is 12.3. The van der Waals surface area contributed by atoms with Gasteiger partial charge in [-0.05, 0) is 43.2 Å². The van der Waals surface area contributed by atoms with Crippen molar-refractivity contribution < 1.29 is 5.11 Å². The molecule has 1 heterocycles. The summed E-state index contributed by atoms with van der Waals surface area (Å²) in [5, 5.41) is 20.3. The first-order valence-corrected chi connectivity index (χ1v) is 8.03. The van der Waals surface area contributed by atoms with E-state index in [-0.39, 0.29) is 11.4 Å². The highest BCUT2D eigenvalue weighted by atomic mass is 35.5. The van der Waals surface area contributed by atoms with Crippen molar-refractivity contribution >= 4 is 23.5 Å². The van der Waals surface area contributed by atoms with E-state index in [4.69, 9.17) is 11.6 Å². The summed E-state index contributed by atoms with van der Waals surface area (Å²) < 4.78 is 1.23. The monoisotopic (exact) mass is 343 g/mol. The number of rotatable bonds is 5. The van der Waals surface area contributed by atoms with Gasteiger partial charge < -0.3 is 5.11 Å². The third kappa shape index (κ3) is 3.66. The Morgan fingerprint density at radius 1 is 1.38 bits per heavy atom. The molecule has 1 aromatic carbocycles. The molecule has 0 aliphatic rings. The molecule has 0 atom stereocenters. The number of hydrogen-bond acceptors (Lipinski definition) is 4. The maximum Gasteiger partial charge on any atom is 0.271 e. The summed E-state index contributed by atoms with van der Waals surface area (Å²) in [6.45, 7) is 3.98. The standard InChI is InChI=1S/C18H18ClN3O2/c1-3-4-9-22-17(23)15(10-20)12(2)16(18(22)24)11-21-14-7-5-13(19)6-8-14/h5-8,11,24H,3-4,9H2,1-2H3. The Balaban J connectivity index is 2.54. The van der Waals surface area contributed by atoms with E-state index in [1.807, 2.05) is 13.0 Å². The second-order valence-corrected chi connectivity index (χ2v) is 5.83. The number of nitrogens with zero attached hydrogens (tertiary/aromatic N) is 3. The first kappa shape index (κ1) is 17.8. The van der Waals surface area contributed by atoms with Gasteiger partial charge in [-0.3, -0.25) is 14.4 Å². The Hall–Kier alpha value is -2.58. The van der Waals surface area contributed by atoms with Gasteiger partial charge in [0.2, 0.25) is 5.88 Å². The number of unbranched alkanes of at least 4 members (excludes halogenated alkanes) is 1. The van der Waals surface area contributed by atoms with Crippen molar-refractivity contribution in [2.24, 2.45) is 4.99 Å². The first-order valence-electron chi connectivity index (χ1n) is 7.65. The van der Waals surface area contributed by atoms with Crippen LogP contribution in [0.3, 0.4) is 0 Å². The predicted molar refractivity (Wildman–Crippen MR) is 95.4 cm³/mol.